The first-order valence-corrected chi connectivity index (χ1v) is 2.55. The smallest absolute Gasteiger partial charge is 0.334 e. The van der Waals surface area contributed by atoms with E-state index in [-0.39, 0.29) is 0 Å². The number of carboxylic acids is 1. The number of hydrogen-bond acceptors (Lipinski definition) is 3. The van der Waals surface area contributed by atoms with Crippen molar-refractivity contribution in [1.82, 2.24) is 0 Å². The molecule has 9 heavy (non-hydrogen) atoms. The summed E-state index contributed by atoms with van der Waals surface area (Å²) < 4.78 is 0. The van der Waals surface area contributed by atoms with Gasteiger partial charge in [0.25, 0.3) is 0 Å². The van der Waals surface area contributed by atoms with E-state index in [1.807, 2.05) is 0 Å². The molecule has 0 saturated heterocycles. The molecular weight excluding hydrogens is 122 g/mol. The van der Waals surface area contributed by atoms with Gasteiger partial charge in [-0.2, -0.15) is 0 Å². The molecule has 0 aromatic heterocycles. The zero-order valence-electron chi connectivity index (χ0n) is 5.46. The second kappa shape index (κ2) is 2.33. The molecule has 0 heterocycles. The molecule has 0 aromatic rings. The SMILES string of the molecule is CC(C)(N)[C@H](O)C(=O)O. The van der Waals surface area contributed by atoms with Gasteiger partial charge in [0, 0.05) is 5.54 Å². The maximum Gasteiger partial charge on any atom is 0.334 e. The van der Waals surface area contributed by atoms with Crippen molar-refractivity contribution < 1.29 is 15.0 Å². The Morgan fingerprint density at radius 1 is 1.67 bits per heavy atom. The van der Waals surface area contributed by atoms with Gasteiger partial charge in [0.1, 0.15) is 0 Å². The van der Waals surface area contributed by atoms with Gasteiger partial charge in [-0.1, -0.05) is 0 Å². The number of nitrogens with two attached hydrogens (primary N) is 1. The van der Waals surface area contributed by atoms with Gasteiger partial charge in [-0.15, -0.1) is 0 Å². The van der Waals surface area contributed by atoms with E-state index in [0.717, 1.165) is 0 Å². The molecule has 54 valence electrons. The Labute approximate surface area is 53.3 Å². The van der Waals surface area contributed by atoms with Crippen LogP contribution in [0.5, 0.6) is 0 Å². The summed E-state index contributed by atoms with van der Waals surface area (Å²) >= 11 is 0. The molecule has 0 fully saturated rings. The molecule has 0 amide bonds. The monoisotopic (exact) mass is 133 g/mol. The number of aliphatic carboxylic acids is 1. The highest BCUT2D eigenvalue weighted by Crippen LogP contribution is 2.03. The second-order valence-electron chi connectivity index (χ2n) is 2.56. The van der Waals surface area contributed by atoms with E-state index in [9.17, 15) is 4.79 Å². The maximum atomic E-state index is 10.0. The standard InChI is InChI=1S/C5H11NO3/c1-5(2,6)3(7)4(8)9/h3,7H,6H2,1-2H3,(H,8,9)/t3-/m1/s1. The molecule has 0 spiro atoms. The molecule has 0 bridgehead atoms. The van der Waals surface area contributed by atoms with Crippen molar-refractivity contribution in [3.8, 4) is 0 Å². The molecule has 4 heteroatoms. The quantitative estimate of drug-likeness (QED) is 0.459. The van der Waals surface area contributed by atoms with Gasteiger partial charge < -0.3 is 15.9 Å². The van der Waals surface area contributed by atoms with Crippen LogP contribution in [-0.4, -0.2) is 27.8 Å². The maximum absolute atomic E-state index is 10.0. The first-order chi connectivity index (χ1) is 3.85. The van der Waals surface area contributed by atoms with Gasteiger partial charge in [0.15, 0.2) is 6.10 Å². The number of rotatable bonds is 2. The van der Waals surface area contributed by atoms with Crippen LogP contribution in [0.1, 0.15) is 13.8 Å². The van der Waals surface area contributed by atoms with Crippen molar-refractivity contribution in [2.45, 2.75) is 25.5 Å². The van der Waals surface area contributed by atoms with Gasteiger partial charge >= 0.3 is 5.97 Å². The predicted molar refractivity (Wildman–Crippen MR) is 31.9 cm³/mol. The summed E-state index contributed by atoms with van der Waals surface area (Å²) in [7, 11) is 0. The zero-order chi connectivity index (χ0) is 7.65. The van der Waals surface area contributed by atoms with Crippen molar-refractivity contribution in [2.24, 2.45) is 5.73 Å². The topological polar surface area (TPSA) is 83.5 Å². The molecule has 1 atom stereocenters. The molecule has 4 N–H and O–H groups in total. The van der Waals surface area contributed by atoms with Crippen LogP contribution in [-0.2, 0) is 4.79 Å². The van der Waals surface area contributed by atoms with Crippen molar-refractivity contribution in [3.05, 3.63) is 0 Å². The minimum absolute atomic E-state index is 1.06. The lowest BCUT2D eigenvalue weighted by Gasteiger charge is -2.21. The highest BCUT2D eigenvalue weighted by molar-refractivity contribution is 5.73. The van der Waals surface area contributed by atoms with E-state index >= 15 is 0 Å². The summed E-state index contributed by atoms with van der Waals surface area (Å²) in [6.07, 6.45) is -1.49. The van der Waals surface area contributed by atoms with E-state index in [4.69, 9.17) is 15.9 Å². The highest BCUT2D eigenvalue weighted by Gasteiger charge is 2.28. The lowest BCUT2D eigenvalue weighted by atomic mass is 9.99. The van der Waals surface area contributed by atoms with Crippen LogP contribution in [0.2, 0.25) is 0 Å². The normalized spacial score (nSPS) is 15.1. The molecule has 0 aliphatic rings. The lowest BCUT2D eigenvalue weighted by molar-refractivity contribution is -0.149. The first-order valence-electron chi connectivity index (χ1n) is 2.55. The molecule has 0 aromatic carbocycles. The van der Waals surface area contributed by atoms with Crippen LogP contribution in [0.15, 0.2) is 0 Å². The molecule has 0 rings (SSSR count). The summed E-state index contributed by atoms with van der Waals surface area (Å²) in [6.45, 7) is 2.90. The van der Waals surface area contributed by atoms with Gasteiger partial charge in [-0.25, -0.2) is 4.79 Å². The van der Waals surface area contributed by atoms with Crippen molar-refractivity contribution >= 4 is 5.97 Å². The molecule has 0 unspecified atom stereocenters. The molecular formula is C5H11NO3. The Morgan fingerprint density at radius 3 is 2.00 bits per heavy atom. The van der Waals surface area contributed by atoms with Gasteiger partial charge in [-0.3, -0.25) is 0 Å². The average Bonchev–Trinajstić information content (AvgIpc) is 1.62. The van der Waals surface area contributed by atoms with Crippen LogP contribution in [0, 0.1) is 0 Å². The fourth-order valence-electron chi connectivity index (χ4n) is 0.318. The van der Waals surface area contributed by atoms with Gasteiger partial charge in [0.05, 0.1) is 0 Å². The molecule has 0 aliphatic carbocycles. The van der Waals surface area contributed by atoms with Crippen LogP contribution < -0.4 is 5.73 Å². The minimum Gasteiger partial charge on any atom is -0.479 e. The van der Waals surface area contributed by atoms with Crippen molar-refractivity contribution in [2.75, 3.05) is 0 Å². The van der Waals surface area contributed by atoms with E-state index in [2.05, 4.69) is 0 Å². The summed E-state index contributed by atoms with van der Waals surface area (Å²) in [4.78, 5) is 10.0. The van der Waals surface area contributed by atoms with Gasteiger partial charge in [-0.05, 0) is 13.8 Å². The highest BCUT2D eigenvalue weighted by atomic mass is 16.4. The van der Waals surface area contributed by atoms with Crippen molar-refractivity contribution in [3.63, 3.8) is 0 Å². The van der Waals surface area contributed by atoms with E-state index in [0.29, 0.717) is 0 Å². The number of aliphatic hydroxyl groups excluding tert-OH is 1. The fraction of sp³-hybridized carbons (Fsp3) is 0.800. The lowest BCUT2D eigenvalue weighted by Crippen LogP contribution is -2.49. The Bertz CT molecular complexity index is 116. The van der Waals surface area contributed by atoms with E-state index < -0.39 is 17.6 Å². The largest absolute Gasteiger partial charge is 0.479 e. The predicted octanol–water partition coefficient (Wildman–Crippen LogP) is -0.831. The Balaban J connectivity index is 4.04. The number of hydrogen-bond donors (Lipinski definition) is 3. The van der Waals surface area contributed by atoms with Crippen molar-refractivity contribution in [1.29, 1.82) is 0 Å². The Hall–Kier alpha value is -0.610. The minimum atomic E-state index is -1.49. The van der Waals surface area contributed by atoms with E-state index in [1.54, 1.807) is 0 Å². The fourth-order valence-corrected chi connectivity index (χ4v) is 0.318. The number of carbonyl (C=O) groups is 1. The second-order valence-corrected chi connectivity index (χ2v) is 2.56. The van der Waals surface area contributed by atoms with E-state index in [1.165, 1.54) is 13.8 Å². The van der Waals surface area contributed by atoms with Crippen LogP contribution in [0.3, 0.4) is 0 Å². The van der Waals surface area contributed by atoms with Crippen LogP contribution >= 0.6 is 0 Å². The molecule has 4 nitrogen and oxygen atoms in total. The first kappa shape index (κ1) is 8.39. The summed E-state index contributed by atoms with van der Waals surface area (Å²) in [6, 6.07) is 0. The molecule has 0 saturated carbocycles. The molecule has 0 radical (unpaired) electrons. The third-order valence-electron chi connectivity index (χ3n) is 0.939. The Kier molecular flexibility index (Phi) is 2.17. The third-order valence-corrected chi connectivity index (χ3v) is 0.939. The number of carboxylic acid groups (broad SMARTS) is 1. The van der Waals surface area contributed by atoms with Crippen LogP contribution in [0.25, 0.3) is 0 Å². The number of aliphatic hydroxyl groups is 1. The zero-order valence-corrected chi connectivity index (χ0v) is 5.46. The van der Waals surface area contributed by atoms with Gasteiger partial charge in [0.2, 0.25) is 0 Å². The summed E-state index contributed by atoms with van der Waals surface area (Å²) in [5.74, 6) is -1.29. The average molecular weight is 133 g/mol. The summed E-state index contributed by atoms with van der Waals surface area (Å²) in [5, 5.41) is 16.9. The third kappa shape index (κ3) is 2.43. The Morgan fingerprint density at radius 2 is 2.00 bits per heavy atom. The molecule has 0 aliphatic heterocycles. The summed E-state index contributed by atoms with van der Waals surface area (Å²) in [5.41, 5.74) is 4.19. The van der Waals surface area contributed by atoms with Crippen LogP contribution in [0.4, 0.5) is 0 Å².